The molecule has 0 atom stereocenters. The fourth-order valence-electron chi connectivity index (χ4n) is 2.24. The molecule has 3 nitrogen and oxygen atoms in total. The first-order valence-electron chi connectivity index (χ1n) is 7.03. The summed E-state index contributed by atoms with van der Waals surface area (Å²) in [6.45, 7) is 0.152. The van der Waals surface area contributed by atoms with Crippen LogP contribution in [0.5, 0.6) is 5.75 Å². The van der Waals surface area contributed by atoms with Gasteiger partial charge in [0.05, 0.1) is 11.6 Å². The van der Waals surface area contributed by atoms with Crippen LogP contribution in [0.1, 0.15) is 18.4 Å². The van der Waals surface area contributed by atoms with E-state index in [-0.39, 0.29) is 18.3 Å². The first-order valence-corrected chi connectivity index (χ1v) is 7.03. The summed E-state index contributed by atoms with van der Waals surface area (Å²) in [6, 6.07) is 17.2. The van der Waals surface area contributed by atoms with E-state index in [2.05, 4.69) is 6.07 Å². The molecule has 21 heavy (non-hydrogen) atoms. The van der Waals surface area contributed by atoms with E-state index in [1.54, 1.807) is 6.07 Å². The maximum absolute atomic E-state index is 11.6. The maximum atomic E-state index is 11.6. The number of rotatable bonds is 5. The van der Waals surface area contributed by atoms with Gasteiger partial charge in [0.15, 0.2) is 5.78 Å². The van der Waals surface area contributed by atoms with E-state index in [1.165, 1.54) is 0 Å². The Hall–Kier alpha value is -2.60. The van der Waals surface area contributed by atoms with Crippen LogP contribution >= 0.6 is 0 Å². The molecule has 0 amide bonds. The number of Topliss-reactive ketones (excluding diaryl/α,β-unsaturated/α-hetero) is 1. The first-order chi connectivity index (χ1) is 10.3. The molecule has 2 aromatic rings. The maximum Gasteiger partial charge on any atom is 0.173 e. The Morgan fingerprint density at radius 3 is 2.52 bits per heavy atom. The van der Waals surface area contributed by atoms with Gasteiger partial charge in [0.2, 0.25) is 0 Å². The molecule has 1 fully saturated rings. The molecule has 0 saturated heterocycles. The highest BCUT2D eigenvalue weighted by atomic mass is 16.5. The standard InChI is InChI=1S/C18H15NO2/c19-11-15-3-1-2-4-17(15)13-7-9-16(10-8-13)21-12-18(20)14-5-6-14/h1-4,7-10,14H,5-6,12H2. The zero-order valence-electron chi connectivity index (χ0n) is 11.6. The molecule has 0 N–H and O–H groups in total. The zero-order valence-corrected chi connectivity index (χ0v) is 11.6. The first kappa shape index (κ1) is 13.4. The van der Waals surface area contributed by atoms with E-state index in [9.17, 15) is 4.79 Å². The molecule has 1 aliphatic carbocycles. The zero-order chi connectivity index (χ0) is 14.7. The van der Waals surface area contributed by atoms with Crippen LogP contribution in [0.2, 0.25) is 0 Å². The number of ether oxygens (including phenoxy) is 1. The number of hydrogen-bond donors (Lipinski definition) is 0. The summed E-state index contributed by atoms with van der Waals surface area (Å²) in [6.07, 6.45) is 2.01. The largest absolute Gasteiger partial charge is 0.486 e. The highest BCUT2D eigenvalue weighted by Crippen LogP contribution is 2.30. The second-order valence-corrected chi connectivity index (χ2v) is 5.21. The third kappa shape index (κ3) is 3.11. The Labute approximate surface area is 123 Å². The van der Waals surface area contributed by atoms with Crippen LogP contribution in [0, 0.1) is 17.2 Å². The van der Waals surface area contributed by atoms with E-state index in [4.69, 9.17) is 10.00 Å². The van der Waals surface area contributed by atoms with Gasteiger partial charge in [-0.3, -0.25) is 4.79 Å². The summed E-state index contributed by atoms with van der Waals surface area (Å²) in [4.78, 5) is 11.6. The number of ketones is 1. The van der Waals surface area contributed by atoms with Gasteiger partial charge in [0, 0.05) is 5.92 Å². The van der Waals surface area contributed by atoms with Crippen LogP contribution in [0.3, 0.4) is 0 Å². The third-order valence-corrected chi connectivity index (χ3v) is 3.63. The van der Waals surface area contributed by atoms with E-state index < -0.39 is 0 Å². The molecule has 0 radical (unpaired) electrons. The number of hydrogen-bond acceptors (Lipinski definition) is 3. The van der Waals surface area contributed by atoms with Crippen molar-refractivity contribution in [1.29, 1.82) is 5.26 Å². The minimum absolute atomic E-state index is 0.152. The van der Waals surface area contributed by atoms with Crippen molar-refractivity contribution < 1.29 is 9.53 Å². The molecule has 0 aromatic heterocycles. The second kappa shape index (κ2) is 5.80. The van der Waals surface area contributed by atoms with Gasteiger partial charge >= 0.3 is 0 Å². The Balaban J connectivity index is 1.71. The van der Waals surface area contributed by atoms with Crippen LogP contribution in [-0.2, 0) is 4.79 Å². The smallest absolute Gasteiger partial charge is 0.173 e. The fourth-order valence-corrected chi connectivity index (χ4v) is 2.24. The average molecular weight is 277 g/mol. The second-order valence-electron chi connectivity index (χ2n) is 5.21. The van der Waals surface area contributed by atoms with Crippen molar-refractivity contribution in [2.24, 2.45) is 5.92 Å². The number of nitrogens with zero attached hydrogens (tertiary/aromatic N) is 1. The summed E-state index contributed by atoms with van der Waals surface area (Å²) >= 11 is 0. The molecule has 0 aliphatic heterocycles. The van der Waals surface area contributed by atoms with E-state index in [0.717, 1.165) is 24.0 Å². The Morgan fingerprint density at radius 2 is 1.86 bits per heavy atom. The van der Waals surface area contributed by atoms with Crippen LogP contribution in [-0.4, -0.2) is 12.4 Å². The van der Waals surface area contributed by atoms with E-state index in [1.807, 2.05) is 42.5 Å². The Kier molecular flexibility index (Phi) is 3.70. The van der Waals surface area contributed by atoms with Crippen molar-refractivity contribution >= 4 is 5.78 Å². The van der Waals surface area contributed by atoms with Crippen molar-refractivity contribution in [3.05, 3.63) is 54.1 Å². The lowest BCUT2D eigenvalue weighted by molar-refractivity contribution is -0.122. The predicted octanol–water partition coefficient (Wildman–Crippen LogP) is 3.58. The fraction of sp³-hybridized carbons (Fsp3) is 0.222. The van der Waals surface area contributed by atoms with Crippen LogP contribution in [0.25, 0.3) is 11.1 Å². The lowest BCUT2D eigenvalue weighted by atomic mass is 10.0. The molecule has 3 rings (SSSR count). The number of carbonyl (C=O) groups is 1. The molecule has 1 aliphatic rings. The normalized spacial score (nSPS) is 13.5. The SMILES string of the molecule is N#Cc1ccccc1-c1ccc(OCC(=O)C2CC2)cc1. The van der Waals surface area contributed by atoms with Crippen LogP contribution in [0.4, 0.5) is 0 Å². The molecule has 0 spiro atoms. The minimum Gasteiger partial charge on any atom is -0.486 e. The average Bonchev–Trinajstić information content (AvgIpc) is 3.38. The van der Waals surface area contributed by atoms with Crippen molar-refractivity contribution in [1.82, 2.24) is 0 Å². The highest BCUT2D eigenvalue weighted by molar-refractivity contribution is 5.84. The van der Waals surface area contributed by atoms with E-state index in [0.29, 0.717) is 11.3 Å². The molecule has 104 valence electrons. The molecular formula is C18H15NO2. The monoisotopic (exact) mass is 277 g/mol. The van der Waals surface area contributed by atoms with Gasteiger partial charge < -0.3 is 4.74 Å². The molecule has 1 saturated carbocycles. The van der Waals surface area contributed by atoms with Crippen molar-refractivity contribution in [2.45, 2.75) is 12.8 Å². The van der Waals surface area contributed by atoms with Gasteiger partial charge in [-0.2, -0.15) is 5.26 Å². The van der Waals surface area contributed by atoms with Crippen LogP contribution < -0.4 is 4.74 Å². The summed E-state index contributed by atoms with van der Waals surface area (Å²) in [5.41, 5.74) is 2.52. The summed E-state index contributed by atoms with van der Waals surface area (Å²) in [5.74, 6) is 1.10. The quantitative estimate of drug-likeness (QED) is 0.839. The van der Waals surface area contributed by atoms with Crippen molar-refractivity contribution in [3.8, 4) is 22.9 Å². The predicted molar refractivity (Wildman–Crippen MR) is 79.8 cm³/mol. The van der Waals surface area contributed by atoms with Gasteiger partial charge in [-0.05, 0) is 42.2 Å². The summed E-state index contributed by atoms with van der Waals surface area (Å²) < 4.78 is 5.50. The lowest BCUT2D eigenvalue weighted by Crippen LogP contribution is -2.12. The molecule has 2 aromatic carbocycles. The molecule has 0 heterocycles. The van der Waals surface area contributed by atoms with Gasteiger partial charge in [0.25, 0.3) is 0 Å². The van der Waals surface area contributed by atoms with Gasteiger partial charge in [0.1, 0.15) is 12.4 Å². The van der Waals surface area contributed by atoms with Gasteiger partial charge in [-0.15, -0.1) is 0 Å². The molecule has 0 unspecified atom stereocenters. The highest BCUT2D eigenvalue weighted by Gasteiger charge is 2.29. The topological polar surface area (TPSA) is 50.1 Å². The third-order valence-electron chi connectivity index (χ3n) is 3.63. The number of carbonyl (C=O) groups excluding carboxylic acids is 1. The van der Waals surface area contributed by atoms with Crippen LogP contribution in [0.15, 0.2) is 48.5 Å². The summed E-state index contributed by atoms with van der Waals surface area (Å²) in [7, 11) is 0. The van der Waals surface area contributed by atoms with Gasteiger partial charge in [-0.25, -0.2) is 0 Å². The van der Waals surface area contributed by atoms with Crippen molar-refractivity contribution in [3.63, 3.8) is 0 Å². The number of nitriles is 1. The molecular weight excluding hydrogens is 262 g/mol. The van der Waals surface area contributed by atoms with Gasteiger partial charge in [-0.1, -0.05) is 30.3 Å². The molecule has 0 bridgehead atoms. The Bertz CT molecular complexity index is 694. The number of benzene rings is 2. The summed E-state index contributed by atoms with van der Waals surface area (Å²) in [5, 5.41) is 9.13. The minimum atomic E-state index is 0.152. The lowest BCUT2D eigenvalue weighted by Gasteiger charge is -2.07. The van der Waals surface area contributed by atoms with E-state index >= 15 is 0 Å². The Morgan fingerprint density at radius 1 is 1.14 bits per heavy atom. The van der Waals surface area contributed by atoms with Crippen molar-refractivity contribution in [2.75, 3.05) is 6.61 Å². The molecule has 3 heteroatoms.